The zero-order valence-corrected chi connectivity index (χ0v) is 14.4. The molecule has 22 heavy (non-hydrogen) atoms. The van der Waals surface area contributed by atoms with Crippen molar-refractivity contribution in [3.63, 3.8) is 0 Å². The van der Waals surface area contributed by atoms with Crippen molar-refractivity contribution in [3.8, 4) is 0 Å². The Morgan fingerprint density at radius 3 is 2.41 bits per heavy atom. The average molecular weight is 296 g/mol. The highest BCUT2D eigenvalue weighted by molar-refractivity contribution is 5.86. The van der Waals surface area contributed by atoms with E-state index in [0.29, 0.717) is 0 Å². The first-order valence-corrected chi connectivity index (χ1v) is 8.88. The van der Waals surface area contributed by atoms with Gasteiger partial charge in [-0.15, -0.1) is 0 Å². The van der Waals surface area contributed by atoms with E-state index in [0.717, 1.165) is 29.5 Å². The predicted molar refractivity (Wildman–Crippen MR) is 95.6 cm³/mol. The van der Waals surface area contributed by atoms with E-state index in [1.54, 1.807) is 0 Å². The third-order valence-electron chi connectivity index (χ3n) is 5.04. The van der Waals surface area contributed by atoms with Crippen LogP contribution in [0.15, 0.2) is 24.3 Å². The molecule has 2 aliphatic heterocycles. The minimum atomic E-state index is 0.950. The molecule has 118 valence electrons. The average Bonchev–Trinajstić information content (AvgIpc) is 2.55. The van der Waals surface area contributed by atoms with Crippen LogP contribution in [0.2, 0.25) is 0 Å². The first kappa shape index (κ1) is 15.3. The largest absolute Gasteiger partial charge is 0.371 e. The topological polar surface area (TPSA) is 16.1 Å². The Kier molecular flexibility index (Phi) is 4.37. The maximum Gasteiger partial charge on any atom is 0.0709 e. The van der Waals surface area contributed by atoms with E-state index < -0.39 is 0 Å². The fourth-order valence-corrected chi connectivity index (χ4v) is 4.00. The van der Waals surface area contributed by atoms with Crippen LogP contribution in [0, 0.1) is 18.8 Å². The first-order valence-electron chi connectivity index (χ1n) is 8.88. The van der Waals surface area contributed by atoms with Gasteiger partial charge in [0.1, 0.15) is 0 Å². The van der Waals surface area contributed by atoms with Gasteiger partial charge in [0.25, 0.3) is 0 Å². The van der Waals surface area contributed by atoms with Crippen LogP contribution < -0.4 is 4.90 Å². The lowest BCUT2D eigenvalue weighted by Crippen LogP contribution is -2.48. The van der Waals surface area contributed by atoms with Crippen LogP contribution in [-0.4, -0.2) is 18.1 Å². The van der Waals surface area contributed by atoms with E-state index in [-0.39, 0.29) is 0 Å². The third-order valence-corrected chi connectivity index (χ3v) is 5.04. The molecule has 2 aromatic rings. The third kappa shape index (κ3) is 2.71. The summed E-state index contributed by atoms with van der Waals surface area (Å²) < 4.78 is 0. The number of aryl methyl sites for hydroxylation is 2. The summed E-state index contributed by atoms with van der Waals surface area (Å²) in [5.74, 6) is 1.90. The monoisotopic (exact) mass is 296 g/mol. The van der Waals surface area contributed by atoms with Crippen LogP contribution in [0.3, 0.4) is 0 Å². The van der Waals surface area contributed by atoms with Gasteiger partial charge in [0.05, 0.1) is 5.52 Å². The molecule has 1 aromatic heterocycles. The molecule has 0 radical (unpaired) electrons. The number of anilines is 1. The zero-order valence-electron chi connectivity index (χ0n) is 14.4. The maximum atomic E-state index is 4.68. The van der Waals surface area contributed by atoms with Crippen molar-refractivity contribution in [2.45, 2.75) is 47.0 Å². The number of hydrogen-bond acceptors (Lipinski definition) is 2. The quantitative estimate of drug-likeness (QED) is 0.777. The molecule has 1 saturated carbocycles. The normalized spacial score (nSPS) is 22.8. The van der Waals surface area contributed by atoms with E-state index in [9.17, 15) is 0 Å². The summed E-state index contributed by atoms with van der Waals surface area (Å²) in [5.41, 5.74) is 5.10. The second-order valence-electron chi connectivity index (χ2n) is 6.59. The molecule has 3 heterocycles. The van der Waals surface area contributed by atoms with E-state index in [4.69, 9.17) is 0 Å². The van der Waals surface area contributed by atoms with Gasteiger partial charge in [-0.3, -0.25) is 4.98 Å². The number of piperidine rings is 2. The molecule has 2 bridgehead atoms. The summed E-state index contributed by atoms with van der Waals surface area (Å²) in [7, 11) is 0. The number of fused-ring (bicyclic) bond motifs is 3. The standard InChI is InChI=1S/C18H22N2.C2H6/c1-3-15-6-12(2)19-18-5-4-16(9-17(15)18)20-10-13-7-14(8-13)11-20;1-2/h4-6,9,13-14H,3,7-8,10-11H2,1-2H3;1-2H3. The molecule has 0 unspecified atom stereocenters. The smallest absolute Gasteiger partial charge is 0.0709 e. The highest BCUT2D eigenvalue weighted by atomic mass is 15.2. The number of pyridine rings is 1. The molecule has 2 saturated heterocycles. The van der Waals surface area contributed by atoms with Gasteiger partial charge in [0, 0.05) is 29.9 Å². The Bertz CT molecular complexity index is 646. The van der Waals surface area contributed by atoms with E-state index in [1.807, 2.05) is 13.8 Å². The molecule has 2 nitrogen and oxygen atoms in total. The number of aromatic nitrogens is 1. The van der Waals surface area contributed by atoms with Crippen LogP contribution in [0.5, 0.6) is 0 Å². The Hall–Kier alpha value is -1.57. The molecule has 0 atom stereocenters. The van der Waals surface area contributed by atoms with Gasteiger partial charge in [-0.05, 0) is 67.9 Å². The summed E-state index contributed by atoms with van der Waals surface area (Å²) >= 11 is 0. The van der Waals surface area contributed by atoms with Crippen LogP contribution in [0.25, 0.3) is 10.9 Å². The van der Waals surface area contributed by atoms with Gasteiger partial charge in [0.2, 0.25) is 0 Å². The Balaban J connectivity index is 0.000000693. The van der Waals surface area contributed by atoms with Crippen LogP contribution in [0.4, 0.5) is 5.69 Å². The van der Waals surface area contributed by atoms with Crippen LogP contribution in [-0.2, 0) is 6.42 Å². The molecule has 0 N–H and O–H groups in total. The highest BCUT2D eigenvalue weighted by Crippen LogP contribution is 2.41. The molecular weight excluding hydrogens is 268 g/mol. The minimum Gasteiger partial charge on any atom is -0.371 e. The van der Waals surface area contributed by atoms with Gasteiger partial charge < -0.3 is 4.90 Å². The molecule has 0 amide bonds. The number of hydrogen-bond donors (Lipinski definition) is 0. The van der Waals surface area contributed by atoms with Crippen molar-refractivity contribution in [2.24, 2.45) is 11.8 Å². The number of benzene rings is 1. The van der Waals surface area contributed by atoms with E-state index >= 15 is 0 Å². The Labute approximate surface area is 134 Å². The first-order chi connectivity index (χ1) is 10.7. The van der Waals surface area contributed by atoms with E-state index in [2.05, 4.69) is 48.0 Å². The molecule has 0 spiro atoms. The van der Waals surface area contributed by atoms with Crippen molar-refractivity contribution in [1.29, 1.82) is 0 Å². The molecule has 5 rings (SSSR count). The lowest BCUT2D eigenvalue weighted by molar-refractivity contribution is 0.159. The second-order valence-corrected chi connectivity index (χ2v) is 6.59. The van der Waals surface area contributed by atoms with Crippen molar-refractivity contribution < 1.29 is 0 Å². The fourth-order valence-electron chi connectivity index (χ4n) is 4.00. The van der Waals surface area contributed by atoms with Gasteiger partial charge >= 0.3 is 0 Å². The predicted octanol–water partition coefficient (Wildman–Crippen LogP) is 4.98. The van der Waals surface area contributed by atoms with Gasteiger partial charge in [0.15, 0.2) is 0 Å². The Morgan fingerprint density at radius 1 is 1.09 bits per heavy atom. The van der Waals surface area contributed by atoms with Gasteiger partial charge in [-0.25, -0.2) is 0 Å². The summed E-state index contributed by atoms with van der Waals surface area (Å²) in [5, 5.41) is 1.34. The molecule has 3 fully saturated rings. The summed E-state index contributed by atoms with van der Waals surface area (Å²) in [6.07, 6.45) is 4.00. The van der Waals surface area contributed by atoms with Crippen molar-refractivity contribution >= 4 is 16.6 Å². The fraction of sp³-hybridized carbons (Fsp3) is 0.550. The Morgan fingerprint density at radius 2 is 1.77 bits per heavy atom. The lowest BCUT2D eigenvalue weighted by atomic mass is 9.71. The van der Waals surface area contributed by atoms with E-state index in [1.165, 1.54) is 42.6 Å². The second kappa shape index (κ2) is 6.28. The summed E-state index contributed by atoms with van der Waals surface area (Å²) in [6.45, 7) is 10.8. The zero-order chi connectivity index (χ0) is 15.7. The number of nitrogens with zero attached hydrogens (tertiary/aromatic N) is 2. The lowest BCUT2D eigenvalue weighted by Gasteiger charge is -2.48. The van der Waals surface area contributed by atoms with Gasteiger partial charge in [-0.2, -0.15) is 0 Å². The molecule has 2 heteroatoms. The van der Waals surface area contributed by atoms with Crippen molar-refractivity contribution in [1.82, 2.24) is 4.98 Å². The highest BCUT2D eigenvalue weighted by Gasteiger charge is 2.37. The molecule has 1 aromatic carbocycles. The molecular formula is C20H28N2. The van der Waals surface area contributed by atoms with Gasteiger partial charge in [-0.1, -0.05) is 20.8 Å². The van der Waals surface area contributed by atoms with Crippen molar-refractivity contribution in [3.05, 3.63) is 35.5 Å². The summed E-state index contributed by atoms with van der Waals surface area (Å²) in [4.78, 5) is 7.26. The number of rotatable bonds is 2. The molecule has 3 aliphatic rings. The van der Waals surface area contributed by atoms with Crippen LogP contribution in [0.1, 0.15) is 44.9 Å². The maximum absolute atomic E-state index is 4.68. The molecule has 1 aliphatic carbocycles. The SMILES string of the molecule is CC.CCc1cc(C)nc2ccc(N3CC4CC(C4)C3)cc12. The van der Waals surface area contributed by atoms with Crippen molar-refractivity contribution in [2.75, 3.05) is 18.0 Å². The summed E-state index contributed by atoms with van der Waals surface area (Å²) in [6, 6.07) is 9.07. The minimum absolute atomic E-state index is 0.950. The van der Waals surface area contributed by atoms with Crippen LogP contribution >= 0.6 is 0 Å².